The van der Waals surface area contributed by atoms with Crippen LogP contribution in [0.5, 0.6) is 5.75 Å². The van der Waals surface area contributed by atoms with E-state index < -0.39 is 0 Å². The highest BCUT2D eigenvalue weighted by atomic mass is 16.5. The van der Waals surface area contributed by atoms with E-state index in [1.807, 2.05) is 48.5 Å². The summed E-state index contributed by atoms with van der Waals surface area (Å²) in [4.78, 5) is 19.4. The van der Waals surface area contributed by atoms with Gasteiger partial charge in [0.2, 0.25) is 0 Å². The fraction of sp³-hybridized carbons (Fsp3) is 0.241. The van der Waals surface area contributed by atoms with Gasteiger partial charge in [-0.1, -0.05) is 6.07 Å². The molecule has 6 aromatic rings. The SMILES string of the molecule is Cc1cn(-c2cccc3[nH]c(-c4n[nH]c5ncc(-c6cncc(OCCN7CCCC7)c6)cc45)cc23)cn1. The Hall–Kier alpha value is -4.50. The van der Waals surface area contributed by atoms with Crippen molar-refractivity contribution in [3.8, 4) is 34.0 Å². The van der Waals surface area contributed by atoms with E-state index in [0.717, 1.165) is 68.1 Å². The fourth-order valence-corrected chi connectivity index (χ4v) is 5.27. The van der Waals surface area contributed by atoms with Gasteiger partial charge in [-0.2, -0.15) is 5.10 Å². The summed E-state index contributed by atoms with van der Waals surface area (Å²) < 4.78 is 8.07. The molecule has 6 heterocycles. The quantitative estimate of drug-likeness (QED) is 0.312. The summed E-state index contributed by atoms with van der Waals surface area (Å²) in [5.74, 6) is 0.770. The molecule has 0 saturated carbocycles. The second-order valence-corrected chi connectivity index (χ2v) is 9.84. The van der Waals surface area contributed by atoms with Gasteiger partial charge in [0.05, 0.1) is 29.6 Å². The third-order valence-corrected chi connectivity index (χ3v) is 7.22. The lowest BCUT2D eigenvalue weighted by Gasteiger charge is -2.15. The number of pyridine rings is 2. The smallest absolute Gasteiger partial charge is 0.155 e. The average Bonchev–Trinajstić information content (AvgIpc) is 3.74. The zero-order valence-electron chi connectivity index (χ0n) is 21.2. The highest BCUT2D eigenvalue weighted by Crippen LogP contribution is 2.33. The van der Waals surface area contributed by atoms with Gasteiger partial charge in [0.15, 0.2) is 5.65 Å². The molecule has 0 spiro atoms. The number of imidazole rings is 1. The maximum atomic E-state index is 6.02. The molecule has 1 aromatic carbocycles. The Balaban J connectivity index is 1.20. The summed E-state index contributed by atoms with van der Waals surface area (Å²) in [5.41, 5.74) is 7.48. The molecule has 0 amide bonds. The summed E-state index contributed by atoms with van der Waals surface area (Å²) >= 11 is 0. The number of fused-ring (bicyclic) bond motifs is 2. The van der Waals surface area contributed by atoms with Crippen molar-refractivity contribution in [1.82, 2.24) is 39.6 Å². The number of rotatable bonds is 7. The van der Waals surface area contributed by atoms with Crippen LogP contribution in [-0.2, 0) is 0 Å². The van der Waals surface area contributed by atoms with Crippen molar-refractivity contribution in [1.29, 1.82) is 0 Å². The summed E-state index contributed by atoms with van der Waals surface area (Å²) in [5, 5.41) is 9.74. The predicted octanol–water partition coefficient (Wildman–Crippen LogP) is 5.14. The Labute approximate surface area is 219 Å². The lowest BCUT2D eigenvalue weighted by Crippen LogP contribution is -2.25. The molecule has 0 aliphatic carbocycles. The lowest BCUT2D eigenvalue weighted by molar-refractivity contribution is 0.237. The second kappa shape index (κ2) is 9.42. The molecule has 7 rings (SSSR count). The van der Waals surface area contributed by atoms with Gasteiger partial charge < -0.3 is 14.3 Å². The Morgan fingerprint density at radius 3 is 2.74 bits per heavy atom. The zero-order valence-corrected chi connectivity index (χ0v) is 21.2. The Bertz CT molecular complexity index is 1740. The number of likely N-dealkylation sites (tertiary alicyclic amines) is 1. The van der Waals surface area contributed by atoms with Gasteiger partial charge in [-0.3, -0.25) is 15.0 Å². The van der Waals surface area contributed by atoms with Crippen molar-refractivity contribution in [2.45, 2.75) is 19.8 Å². The number of nitrogens with one attached hydrogen (secondary N) is 2. The number of hydrogen-bond donors (Lipinski definition) is 2. The van der Waals surface area contributed by atoms with Gasteiger partial charge in [0.25, 0.3) is 0 Å². The highest BCUT2D eigenvalue weighted by Gasteiger charge is 2.16. The molecule has 1 aliphatic heterocycles. The molecule has 9 heteroatoms. The van der Waals surface area contributed by atoms with E-state index in [2.05, 4.69) is 59.3 Å². The van der Waals surface area contributed by atoms with E-state index in [-0.39, 0.29) is 0 Å². The van der Waals surface area contributed by atoms with Crippen molar-refractivity contribution in [3.63, 3.8) is 0 Å². The molecule has 190 valence electrons. The number of H-pyrrole nitrogens is 2. The number of nitrogens with zero attached hydrogens (tertiary/aromatic N) is 6. The normalized spacial score (nSPS) is 14.1. The van der Waals surface area contributed by atoms with Crippen LogP contribution in [0.4, 0.5) is 0 Å². The minimum atomic E-state index is 0.662. The molecular weight excluding hydrogens is 476 g/mol. The van der Waals surface area contributed by atoms with Crippen LogP contribution in [0.3, 0.4) is 0 Å². The van der Waals surface area contributed by atoms with Gasteiger partial charge in [0.1, 0.15) is 18.1 Å². The maximum Gasteiger partial charge on any atom is 0.155 e. The molecule has 0 unspecified atom stereocenters. The fourth-order valence-electron chi connectivity index (χ4n) is 5.27. The number of benzene rings is 1. The summed E-state index contributed by atoms with van der Waals surface area (Å²) in [6.07, 6.45) is 11.9. The third-order valence-electron chi connectivity index (χ3n) is 7.22. The molecular formula is C29H28N8O. The van der Waals surface area contributed by atoms with Crippen LogP contribution >= 0.6 is 0 Å². The average molecular weight is 505 g/mol. The molecule has 0 atom stereocenters. The van der Waals surface area contributed by atoms with Gasteiger partial charge >= 0.3 is 0 Å². The van der Waals surface area contributed by atoms with Crippen molar-refractivity contribution in [2.75, 3.05) is 26.2 Å². The van der Waals surface area contributed by atoms with Crippen molar-refractivity contribution in [2.24, 2.45) is 0 Å². The molecule has 5 aromatic heterocycles. The topological polar surface area (TPSA) is 101 Å². The van der Waals surface area contributed by atoms with Gasteiger partial charge in [0, 0.05) is 52.6 Å². The third kappa shape index (κ3) is 4.20. The van der Waals surface area contributed by atoms with E-state index in [4.69, 9.17) is 4.74 Å². The zero-order chi connectivity index (χ0) is 25.5. The number of aromatic amines is 2. The lowest BCUT2D eigenvalue weighted by atomic mass is 10.1. The molecule has 0 radical (unpaired) electrons. The maximum absolute atomic E-state index is 6.02. The van der Waals surface area contributed by atoms with Gasteiger partial charge in [-0.05, 0) is 63.2 Å². The van der Waals surface area contributed by atoms with Gasteiger partial charge in [-0.25, -0.2) is 9.97 Å². The van der Waals surface area contributed by atoms with Crippen LogP contribution in [0, 0.1) is 6.92 Å². The first-order valence-electron chi connectivity index (χ1n) is 13.0. The van der Waals surface area contributed by atoms with E-state index in [1.165, 1.54) is 25.9 Å². The second-order valence-electron chi connectivity index (χ2n) is 9.84. The number of hydrogen-bond acceptors (Lipinski definition) is 6. The Morgan fingerprint density at radius 2 is 1.87 bits per heavy atom. The van der Waals surface area contributed by atoms with Crippen LogP contribution in [-0.4, -0.2) is 65.8 Å². The van der Waals surface area contributed by atoms with Crippen LogP contribution in [0.2, 0.25) is 0 Å². The number of aromatic nitrogens is 7. The molecule has 38 heavy (non-hydrogen) atoms. The first-order chi connectivity index (χ1) is 18.7. The van der Waals surface area contributed by atoms with Gasteiger partial charge in [-0.15, -0.1) is 0 Å². The number of aryl methyl sites for hydroxylation is 1. The van der Waals surface area contributed by atoms with Crippen LogP contribution in [0.1, 0.15) is 18.5 Å². The van der Waals surface area contributed by atoms with E-state index in [9.17, 15) is 0 Å². The largest absolute Gasteiger partial charge is 0.491 e. The number of ether oxygens (including phenoxy) is 1. The first kappa shape index (κ1) is 22.7. The van der Waals surface area contributed by atoms with Crippen LogP contribution < -0.4 is 4.74 Å². The van der Waals surface area contributed by atoms with E-state index >= 15 is 0 Å². The molecule has 2 N–H and O–H groups in total. The van der Waals surface area contributed by atoms with Crippen LogP contribution in [0.25, 0.3) is 50.1 Å². The van der Waals surface area contributed by atoms with Crippen molar-refractivity contribution < 1.29 is 4.74 Å². The summed E-state index contributed by atoms with van der Waals surface area (Å²) in [6.45, 7) is 5.94. The molecule has 0 bridgehead atoms. The monoisotopic (exact) mass is 504 g/mol. The minimum absolute atomic E-state index is 0.662. The van der Waals surface area contributed by atoms with Crippen molar-refractivity contribution in [3.05, 3.63) is 73.2 Å². The standard InChI is InChI=1S/C29H28N8O/c1-19-17-37(18-32-19)27-6-4-5-25-23(27)13-26(33-25)28-24-12-21(15-31-29(24)35-34-28)20-11-22(16-30-14-20)38-10-9-36-7-2-3-8-36/h4-6,11-18,33H,2-3,7-10H2,1H3,(H,31,34,35). The molecule has 1 fully saturated rings. The highest BCUT2D eigenvalue weighted by molar-refractivity contribution is 5.98. The van der Waals surface area contributed by atoms with E-state index in [0.29, 0.717) is 6.61 Å². The van der Waals surface area contributed by atoms with Crippen LogP contribution in [0.15, 0.2) is 67.5 Å². The summed E-state index contributed by atoms with van der Waals surface area (Å²) in [6, 6.07) is 12.5. The predicted molar refractivity (Wildman–Crippen MR) is 147 cm³/mol. The first-order valence-corrected chi connectivity index (χ1v) is 13.0. The van der Waals surface area contributed by atoms with E-state index in [1.54, 1.807) is 6.20 Å². The molecule has 1 saturated heterocycles. The molecule has 1 aliphatic rings. The Kier molecular flexibility index (Phi) is 5.62. The molecule has 9 nitrogen and oxygen atoms in total. The minimum Gasteiger partial charge on any atom is -0.491 e. The summed E-state index contributed by atoms with van der Waals surface area (Å²) in [7, 11) is 0. The Morgan fingerprint density at radius 1 is 0.974 bits per heavy atom. The van der Waals surface area contributed by atoms with Crippen molar-refractivity contribution >= 4 is 21.9 Å².